The molecule has 0 bridgehead atoms. The topological polar surface area (TPSA) is 92.5 Å². The van der Waals surface area contributed by atoms with Gasteiger partial charge in [0.05, 0.1) is 6.54 Å². The van der Waals surface area contributed by atoms with E-state index < -0.39 is 16.0 Å². The molecule has 1 aromatic carbocycles. The molecule has 26 heavy (non-hydrogen) atoms. The SMILES string of the molecule is Cc1ccc(C)c(Cn2cc(C(=O)O)c(S(=O)(=O)N3CCCCC3)n2)c1. The summed E-state index contributed by atoms with van der Waals surface area (Å²) in [6.45, 7) is 5.07. The van der Waals surface area contributed by atoms with Crippen molar-refractivity contribution in [2.75, 3.05) is 13.1 Å². The zero-order valence-electron chi connectivity index (χ0n) is 15.0. The zero-order chi connectivity index (χ0) is 18.9. The summed E-state index contributed by atoms with van der Waals surface area (Å²) in [5, 5.41) is 13.3. The second-order valence-electron chi connectivity index (χ2n) is 6.75. The van der Waals surface area contributed by atoms with Gasteiger partial charge in [-0.25, -0.2) is 13.2 Å². The minimum Gasteiger partial charge on any atom is -0.478 e. The molecule has 1 aliphatic rings. The quantitative estimate of drug-likeness (QED) is 0.864. The number of carbonyl (C=O) groups is 1. The van der Waals surface area contributed by atoms with Crippen LogP contribution in [0, 0.1) is 13.8 Å². The summed E-state index contributed by atoms with van der Waals surface area (Å²) in [7, 11) is -3.91. The standard InChI is InChI=1S/C18H23N3O4S/c1-13-6-7-14(2)15(10-13)11-20-12-16(18(22)23)17(19-20)26(24,25)21-8-4-3-5-9-21/h6-7,10,12H,3-5,8-9,11H2,1-2H3,(H,22,23). The predicted molar refractivity (Wildman–Crippen MR) is 96.8 cm³/mol. The maximum Gasteiger partial charge on any atom is 0.340 e. The number of carboxylic acid groups (broad SMARTS) is 1. The summed E-state index contributed by atoms with van der Waals surface area (Å²) in [5.41, 5.74) is 2.83. The van der Waals surface area contributed by atoms with Gasteiger partial charge in [0.2, 0.25) is 5.03 Å². The van der Waals surface area contributed by atoms with E-state index in [4.69, 9.17) is 0 Å². The molecule has 0 amide bonds. The maximum atomic E-state index is 12.9. The average molecular weight is 377 g/mol. The zero-order valence-corrected chi connectivity index (χ0v) is 15.8. The number of carboxylic acids is 1. The summed E-state index contributed by atoms with van der Waals surface area (Å²) in [5.74, 6) is -1.28. The summed E-state index contributed by atoms with van der Waals surface area (Å²) in [6, 6.07) is 5.98. The van der Waals surface area contributed by atoms with Gasteiger partial charge in [0.25, 0.3) is 10.0 Å². The highest BCUT2D eigenvalue weighted by molar-refractivity contribution is 7.89. The maximum absolute atomic E-state index is 12.9. The van der Waals surface area contributed by atoms with Gasteiger partial charge in [0.1, 0.15) is 5.56 Å². The van der Waals surface area contributed by atoms with Crippen LogP contribution in [0.4, 0.5) is 0 Å². The smallest absolute Gasteiger partial charge is 0.340 e. The lowest BCUT2D eigenvalue weighted by atomic mass is 10.1. The predicted octanol–water partition coefficient (Wildman–Crippen LogP) is 2.42. The van der Waals surface area contributed by atoms with Gasteiger partial charge in [0, 0.05) is 19.3 Å². The highest BCUT2D eigenvalue weighted by Crippen LogP contribution is 2.23. The van der Waals surface area contributed by atoms with E-state index in [1.165, 1.54) is 15.2 Å². The van der Waals surface area contributed by atoms with Crippen LogP contribution >= 0.6 is 0 Å². The van der Waals surface area contributed by atoms with Crippen molar-refractivity contribution in [3.05, 3.63) is 46.6 Å². The second kappa shape index (κ2) is 7.20. The van der Waals surface area contributed by atoms with Gasteiger partial charge in [-0.05, 0) is 37.8 Å². The lowest BCUT2D eigenvalue weighted by molar-refractivity contribution is 0.0692. The Morgan fingerprint density at radius 2 is 1.88 bits per heavy atom. The number of rotatable bonds is 5. The van der Waals surface area contributed by atoms with E-state index in [1.807, 2.05) is 32.0 Å². The molecule has 0 aliphatic carbocycles. The molecule has 1 N–H and O–H groups in total. The molecule has 3 rings (SSSR count). The molecule has 2 heterocycles. The molecule has 8 heteroatoms. The third kappa shape index (κ3) is 3.66. The van der Waals surface area contributed by atoms with Crippen molar-refractivity contribution in [3.63, 3.8) is 0 Å². The molecule has 0 spiro atoms. The van der Waals surface area contributed by atoms with Gasteiger partial charge >= 0.3 is 5.97 Å². The van der Waals surface area contributed by atoms with Crippen molar-refractivity contribution < 1.29 is 18.3 Å². The summed E-state index contributed by atoms with van der Waals surface area (Å²) < 4.78 is 28.5. The van der Waals surface area contributed by atoms with Gasteiger partial charge < -0.3 is 5.11 Å². The van der Waals surface area contributed by atoms with Crippen molar-refractivity contribution in [1.29, 1.82) is 0 Å². The van der Waals surface area contributed by atoms with E-state index in [-0.39, 0.29) is 10.6 Å². The molecule has 7 nitrogen and oxygen atoms in total. The number of aromatic nitrogens is 2. The van der Waals surface area contributed by atoms with E-state index in [2.05, 4.69) is 5.10 Å². The molecule has 0 atom stereocenters. The Morgan fingerprint density at radius 1 is 1.19 bits per heavy atom. The highest BCUT2D eigenvalue weighted by Gasteiger charge is 2.33. The number of nitrogens with zero attached hydrogens (tertiary/aromatic N) is 3. The van der Waals surface area contributed by atoms with E-state index in [0.717, 1.165) is 36.0 Å². The van der Waals surface area contributed by atoms with E-state index in [0.29, 0.717) is 19.6 Å². The number of hydrogen-bond acceptors (Lipinski definition) is 4. The monoisotopic (exact) mass is 377 g/mol. The first-order valence-corrected chi connectivity index (χ1v) is 10.1. The molecule has 0 radical (unpaired) electrons. The van der Waals surface area contributed by atoms with Gasteiger partial charge in [-0.1, -0.05) is 30.2 Å². The fourth-order valence-electron chi connectivity index (χ4n) is 3.19. The van der Waals surface area contributed by atoms with Crippen LogP contribution in [0.1, 0.15) is 46.3 Å². The fraction of sp³-hybridized carbons (Fsp3) is 0.444. The Kier molecular flexibility index (Phi) is 5.15. The van der Waals surface area contributed by atoms with Crippen molar-refractivity contribution >= 4 is 16.0 Å². The van der Waals surface area contributed by atoms with Gasteiger partial charge in [-0.2, -0.15) is 9.40 Å². The third-order valence-corrected chi connectivity index (χ3v) is 6.53. The Bertz CT molecular complexity index is 928. The van der Waals surface area contributed by atoms with Crippen molar-refractivity contribution in [2.45, 2.75) is 44.7 Å². The Hall–Kier alpha value is -2.19. The van der Waals surface area contributed by atoms with Crippen LogP contribution in [0.3, 0.4) is 0 Å². The molecule has 1 fully saturated rings. The normalized spacial score (nSPS) is 15.9. The molecule has 0 unspecified atom stereocenters. The Balaban J connectivity index is 1.98. The average Bonchev–Trinajstić information content (AvgIpc) is 3.04. The number of hydrogen-bond donors (Lipinski definition) is 1. The molecule has 140 valence electrons. The number of piperidine rings is 1. The molecule has 1 aromatic heterocycles. The van der Waals surface area contributed by atoms with Crippen LogP contribution in [0.15, 0.2) is 29.4 Å². The first-order valence-electron chi connectivity index (χ1n) is 8.66. The Labute approximate surface area is 153 Å². The van der Waals surface area contributed by atoms with Gasteiger partial charge in [-0.15, -0.1) is 0 Å². The van der Waals surface area contributed by atoms with Crippen LogP contribution in [0.5, 0.6) is 0 Å². The summed E-state index contributed by atoms with van der Waals surface area (Å²) in [4.78, 5) is 11.6. The lowest BCUT2D eigenvalue weighted by Gasteiger charge is -2.25. The van der Waals surface area contributed by atoms with E-state index in [1.54, 1.807) is 0 Å². The molecule has 1 aliphatic heterocycles. The molecular formula is C18H23N3O4S. The number of benzene rings is 1. The summed E-state index contributed by atoms with van der Waals surface area (Å²) in [6.07, 6.45) is 3.86. The highest BCUT2D eigenvalue weighted by atomic mass is 32.2. The van der Waals surface area contributed by atoms with Crippen molar-refractivity contribution in [1.82, 2.24) is 14.1 Å². The van der Waals surface area contributed by atoms with Crippen LogP contribution in [-0.2, 0) is 16.6 Å². The fourth-order valence-corrected chi connectivity index (χ4v) is 4.80. The van der Waals surface area contributed by atoms with Crippen molar-refractivity contribution in [3.8, 4) is 0 Å². The molecule has 2 aromatic rings. The minimum atomic E-state index is -3.91. The van der Waals surface area contributed by atoms with Gasteiger partial charge in [0.15, 0.2) is 0 Å². The first-order chi connectivity index (χ1) is 12.3. The molecule has 0 saturated carbocycles. The molecular weight excluding hydrogens is 354 g/mol. The number of aromatic carboxylic acids is 1. The van der Waals surface area contributed by atoms with Crippen molar-refractivity contribution in [2.24, 2.45) is 0 Å². The van der Waals surface area contributed by atoms with Crippen LogP contribution < -0.4 is 0 Å². The lowest BCUT2D eigenvalue weighted by Crippen LogP contribution is -2.36. The number of sulfonamides is 1. The number of aryl methyl sites for hydroxylation is 2. The minimum absolute atomic E-state index is 0.277. The Morgan fingerprint density at radius 3 is 2.54 bits per heavy atom. The van der Waals surface area contributed by atoms with E-state index in [9.17, 15) is 18.3 Å². The van der Waals surface area contributed by atoms with Crippen LogP contribution in [0.2, 0.25) is 0 Å². The second-order valence-corrected chi connectivity index (χ2v) is 8.60. The van der Waals surface area contributed by atoms with Crippen LogP contribution in [0.25, 0.3) is 0 Å². The summed E-state index contributed by atoms with van der Waals surface area (Å²) >= 11 is 0. The van der Waals surface area contributed by atoms with E-state index >= 15 is 0 Å². The largest absolute Gasteiger partial charge is 0.478 e. The third-order valence-electron chi connectivity index (χ3n) is 4.69. The molecule has 1 saturated heterocycles. The van der Waals surface area contributed by atoms with Crippen LogP contribution in [-0.4, -0.2) is 46.7 Å². The first kappa shape index (κ1) is 18.6. The van der Waals surface area contributed by atoms with Gasteiger partial charge in [-0.3, -0.25) is 4.68 Å².